The molecule has 0 aliphatic carbocycles. The number of alkyl halides is 3. The zero-order valence-electron chi connectivity index (χ0n) is 15.2. The van der Waals surface area contributed by atoms with Gasteiger partial charge in [-0.15, -0.1) is 0 Å². The lowest BCUT2D eigenvalue weighted by Crippen LogP contribution is -2.33. The Balaban J connectivity index is 2.16. The lowest BCUT2D eigenvalue weighted by molar-refractivity contribution is -0.137. The summed E-state index contributed by atoms with van der Waals surface area (Å²) < 4.78 is 92.4. The number of carbonyl (C=O) groups excluding carboxylic acids is 1. The number of nitrogens with one attached hydrogen (secondary N) is 2. The first-order valence-electron chi connectivity index (χ1n) is 7.91. The fourth-order valence-corrected chi connectivity index (χ4v) is 3.81. The summed E-state index contributed by atoms with van der Waals surface area (Å²) in [6.45, 7) is -0.846. The second kappa shape index (κ2) is 8.59. The van der Waals surface area contributed by atoms with Gasteiger partial charge in [-0.1, -0.05) is 6.07 Å². The van der Waals surface area contributed by atoms with E-state index in [0.717, 1.165) is 24.3 Å². The summed E-state index contributed by atoms with van der Waals surface area (Å²) in [7, 11) is -7.27. The van der Waals surface area contributed by atoms with Crippen molar-refractivity contribution in [3.63, 3.8) is 0 Å². The van der Waals surface area contributed by atoms with Gasteiger partial charge in [0, 0.05) is 0 Å². The number of benzene rings is 2. The van der Waals surface area contributed by atoms with Crippen molar-refractivity contribution in [3.8, 4) is 5.75 Å². The van der Waals surface area contributed by atoms with Crippen molar-refractivity contribution in [2.45, 2.75) is 16.0 Å². The van der Waals surface area contributed by atoms with Gasteiger partial charge in [0.2, 0.25) is 26.0 Å². The zero-order chi connectivity index (χ0) is 22.7. The molecule has 4 N–H and O–H groups in total. The molecule has 0 unspecified atom stereocenters. The van der Waals surface area contributed by atoms with Crippen molar-refractivity contribution in [2.24, 2.45) is 5.14 Å². The van der Waals surface area contributed by atoms with Crippen LogP contribution in [0.2, 0.25) is 0 Å². The number of hydrogen-bond acceptors (Lipinski definition) is 6. The highest BCUT2D eigenvalue weighted by Gasteiger charge is 2.31. The number of nitrogens with two attached hydrogens (primary N) is 1. The maximum atomic E-state index is 12.8. The molecule has 2 aromatic rings. The molecule has 0 aliphatic rings. The SMILES string of the molecule is COc1ccc(S(N)(=O)=O)cc1NC(=O)CNS(=O)(=O)c1cccc(C(F)(F)F)c1. The molecule has 0 bridgehead atoms. The molecule has 30 heavy (non-hydrogen) atoms. The van der Waals surface area contributed by atoms with E-state index in [9.17, 15) is 34.8 Å². The highest BCUT2D eigenvalue weighted by Crippen LogP contribution is 2.30. The van der Waals surface area contributed by atoms with Crippen molar-refractivity contribution in [2.75, 3.05) is 19.0 Å². The van der Waals surface area contributed by atoms with Gasteiger partial charge < -0.3 is 10.1 Å². The Morgan fingerprint density at radius 2 is 1.73 bits per heavy atom. The Bertz CT molecular complexity index is 1160. The molecule has 0 spiro atoms. The summed E-state index contributed by atoms with van der Waals surface area (Å²) in [5.41, 5.74) is -1.27. The quantitative estimate of drug-likeness (QED) is 0.559. The first-order chi connectivity index (χ1) is 13.7. The topological polar surface area (TPSA) is 145 Å². The number of primary sulfonamides is 1. The first-order valence-corrected chi connectivity index (χ1v) is 10.9. The van der Waals surface area contributed by atoms with Gasteiger partial charge >= 0.3 is 6.18 Å². The number of ether oxygens (including phenoxy) is 1. The molecule has 2 rings (SSSR count). The molecular formula is C16H16F3N3O6S2. The third-order valence-corrected chi connectivity index (χ3v) is 5.98. The van der Waals surface area contributed by atoms with E-state index in [2.05, 4.69) is 5.32 Å². The molecule has 14 heteroatoms. The predicted octanol–water partition coefficient (Wildman–Crippen LogP) is 1.28. The normalized spacial score (nSPS) is 12.4. The second-order valence-corrected chi connectivity index (χ2v) is 9.13. The highest BCUT2D eigenvalue weighted by molar-refractivity contribution is 7.89. The maximum absolute atomic E-state index is 12.8. The van der Waals surface area contributed by atoms with E-state index in [1.54, 1.807) is 0 Å². The molecule has 164 valence electrons. The van der Waals surface area contributed by atoms with Crippen LogP contribution < -0.4 is 19.9 Å². The van der Waals surface area contributed by atoms with Gasteiger partial charge in [-0.25, -0.2) is 26.7 Å². The van der Waals surface area contributed by atoms with Crippen LogP contribution in [0.1, 0.15) is 5.56 Å². The number of halogens is 3. The van der Waals surface area contributed by atoms with Crippen LogP contribution in [0.25, 0.3) is 0 Å². The average Bonchev–Trinajstić information content (AvgIpc) is 2.65. The van der Waals surface area contributed by atoms with Gasteiger partial charge in [-0.05, 0) is 36.4 Å². The van der Waals surface area contributed by atoms with E-state index in [4.69, 9.17) is 9.88 Å². The zero-order valence-corrected chi connectivity index (χ0v) is 16.9. The minimum atomic E-state index is -4.74. The monoisotopic (exact) mass is 467 g/mol. The smallest absolute Gasteiger partial charge is 0.416 e. The molecule has 0 heterocycles. The maximum Gasteiger partial charge on any atom is 0.416 e. The van der Waals surface area contributed by atoms with E-state index in [1.165, 1.54) is 13.2 Å². The van der Waals surface area contributed by atoms with Crippen LogP contribution in [0.15, 0.2) is 52.3 Å². The number of hydrogen-bond donors (Lipinski definition) is 3. The first kappa shape index (κ1) is 23.6. The van der Waals surface area contributed by atoms with Crippen molar-refractivity contribution in [1.82, 2.24) is 4.72 Å². The molecule has 0 saturated heterocycles. The summed E-state index contributed by atoms with van der Waals surface area (Å²) >= 11 is 0. The molecule has 0 aromatic heterocycles. The molecule has 0 aliphatic heterocycles. The molecule has 0 fully saturated rings. The number of carbonyl (C=O) groups is 1. The van der Waals surface area contributed by atoms with Gasteiger partial charge in [0.15, 0.2) is 0 Å². The number of amides is 1. The largest absolute Gasteiger partial charge is 0.495 e. The standard InChI is InChI=1S/C16H16F3N3O6S2/c1-28-14-6-5-11(29(20,24)25)8-13(14)22-15(23)9-21-30(26,27)12-4-2-3-10(7-12)16(17,18)19/h2-8,21H,9H2,1H3,(H,22,23)(H2,20,24,25). The predicted molar refractivity (Wildman–Crippen MR) is 99.6 cm³/mol. The highest BCUT2D eigenvalue weighted by atomic mass is 32.2. The summed E-state index contributed by atoms with van der Waals surface area (Å²) in [5.74, 6) is -0.869. The van der Waals surface area contributed by atoms with Crippen LogP contribution >= 0.6 is 0 Å². The summed E-state index contributed by atoms with van der Waals surface area (Å²) in [6.07, 6.45) is -4.74. The fraction of sp³-hybridized carbons (Fsp3) is 0.188. The van der Waals surface area contributed by atoms with Crippen molar-refractivity contribution in [1.29, 1.82) is 0 Å². The van der Waals surface area contributed by atoms with Gasteiger partial charge in [-0.2, -0.15) is 13.2 Å². The minimum Gasteiger partial charge on any atom is -0.495 e. The third-order valence-electron chi connectivity index (χ3n) is 3.67. The Labute approximate surface area is 170 Å². The van der Waals surface area contributed by atoms with Gasteiger partial charge in [0.25, 0.3) is 0 Å². The molecule has 9 nitrogen and oxygen atoms in total. The van der Waals surface area contributed by atoms with Crippen molar-refractivity contribution < 1.29 is 39.5 Å². The molecule has 0 saturated carbocycles. The van der Waals surface area contributed by atoms with Crippen LogP contribution in [-0.2, 0) is 31.0 Å². The van der Waals surface area contributed by atoms with Crippen LogP contribution in [-0.4, -0.2) is 36.4 Å². The summed E-state index contributed by atoms with van der Waals surface area (Å²) in [5, 5.41) is 7.26. The lowest BCUT2D eigenvalue weighted by atomic mass is 10.2. The Hall–Kier alpha value is -2.68. The molecule has 1 amide bonds. The molecule has 0 atom stereocenters. The third kappa shape index (κ3) is 5.91. The average molecular weight is 467 g/mol. The van der Waals surface area contributed by atoms with Crippen molar-refractivity contribution in [3.05, 3.63) is 48.0 Å². The summed E-state index contributed by atoms with van der Waals surface area (Å²) in [6, 6.07) is 6.36. The second-order valence-electron chi connectivity index (χ2n) is 5.81. The lowest BCUT2D eigenvalue weighted by Gasteiger charge is -2.13. The van der Waals surface area contributed by atoms with E-state index >= 15 is 0 Å². The number of methoxy groups -OCH3 is 1. The Morgan fingerprint density at radius 1 is 1.07 bits per heavy atom. The summed E-state index contributed by atoms with van der Waals surface area (Å²) in [4.78, 5) is 11.1. The minimum absolute atomic E-state index is 0.0662. The van der Waals surface area contributed by atoms with E-state index in [-0.39, 0.29) is 16.3 Å². The molecule has 0 radical (unpaired) electrons. The van der Waals surface area contributed by atoms with E-state index in [1.807, 2.05) is 4.72 Å². The Morgan fingerprint density at radius 3 is 2.30 bits per heavy atom. The Kier molecular flexibility index (Phi) is 6.76. The van der Waals surface area contributed by atoms with E-state index < -0.39 is 49.1 Å². The van der Waals surface area contributed by atoms with Gasteiger partial charge in [0.05, 0.1) is 34.7 Å². The van der Waals surface area contributed by atoms with Crippen LogP contribution in [0.3, 0.4) is 0 Å². The van der Waals surface area contributed by atoms with Crippen LogP contribution in [0.4, 0.5) is 18.9 Å². The molecular weight excluding hydrogens is 451 g/mol. The molecule has 2 aromatic carbocycles. The van der Waals surface area contributed by atoms with Crippen LogP contribution in [0, 0.1) is 0 Å². The van der Waals surface area contributed by atoms with Crippen LogP contribution in [0.5, 0.6) is 5.75 Å². The van der Waals surface area contributed by atoms with E-state index in [0.29, 0.717) is 12.1 Å². The van der Waals surface area contributed by atoms with Gasteiger partial charge in [0.1, 0.15) is 5.75 Å². The fourth-order valence-electron chi connectivity index (χ4n) is 2.24. The number of sulfonamides is 2. The van der Waals surface area contributed by atoms with Gasteiger partial charge in [-0.3, -0.25) is 4.79 Å². The number of anilines is 1. The number of rotatable bonds is 7. The van der Waals surface area contributed by atoms with Crippen molar-refractivity contribution >= 4 is 31.6 Å².